The molecule has 0 spiro atoms. The summed E-state index contributed by atoms with van der Waals surface area (Å²) in [5.41, 5.74) is -0.768. The van der Waals surface area contributed by atoms with Crippen molar-refractivity contribution in [2.24, 2.45) is 0 Å². The summed E-state index contributed by atoms with van der Waals surface area (Å²) < 4.78 is 4.83. The lowest BCUT2D eigenvalue weighted by Crippen LogP contribution is -2.25. The number of carbonyl (C=O) groups excluding carboxylic acids is 1. The topological polar surface area (TPSA) is 87.9 Å². The molecule has 0 N–H and O–H groups in total. The molecule has 0 heterocycles. The van der Waals surface area contributed by atoms with E-state index in [1.165, 1.54) is 24.3 Å². The van der Waals surface area contributed by atoms with Crippen LogP contribution in [-0.2, 0) is 9.62 Å². The first-order chi connectivity index (χ1) is 8.28. The average Bonchev–Trinajstić information content (AvgIpc) is 2.24. The summed E-state index contributed by atoms with van der Waals surface area (Å²) in [5, 5.41) is 10.4. The normalized spacial score (nSPS) is 10.6. The van der Waals surface area contributed by atoms with Crippen LogP contribution in [0.4, 0.5) is 10.5 Å². The van der Waals surface area contributed by atoms with Crippen molar-refractivity contribution in [3.8, 4) is 5.75 Å². The van der Waals surface area contributed by atoms with Gasteiger partial charge in [0.2, 0.25) is 0 Å². The Morgan fingerprint density at radius 3 is 2.22 bits per heavy atom. The molecular formula is C11H13NO6. The van der Waals surface area contributed by atoms with E-state index in [0.717, 1.165) is 0 Å². The fraction of sp³-hybridized carbons (Fsp3) is 0.364. The summed E-state index contributed by atoms with van der Waals surface area (Å²) >= 11 is 0. The molecule has 1 aromatic carbocycles. The average molecular weight is 255 g/mol. The van der Waals surface area contributed by atoms with Gasteiger partial charge in [0.05, 0.1) is 4.92 Å². The van der Waals surface area contributed by atoms with Crippen molar-refractivity contribution in [2.45, 2.75) is 26.4 Å². The van der Waals surface area contributed by atoms with Gasteiger partial charge in [0.1, 0.15) is 5.60 Å². The van der Waals surface area contributed by atoms with E-state index >= 15 is 0 Å². The molecule has 7 nitrogen and oxygen atoms in total. The zero-order chi connectivity index (χ0) is 13.8. The number of ether oxygens (including phenoxy) is 1. The van der Waals surface area contributed by atoms with Crippen LogP contribution in [-0.4, -0.2) is 16.7 Å². The molecule has 0 aliphatic carbocycles. The first-order valence-electron chi connectivity index (χ1n) is 5.10. The summed E-state index contributed by atoms with van der Waals surface area (Å²) in [7, 11) is 0. The highest BCUT2D eigenvalue weighted by Gasteiger charge is 2.18. The van der Waals surface area contributed by atoms with Crippen LogP contribution in [0.2, 0.25) is 0 Å². The number of hydrogen-bond donors (Lipinski definition) is 0. The van der Waals surface area contributed by atoms with Crippen LogP contribution >= 0.6 is 0 Å². The largest absolute Gasteiger partial charge is 0.550 e. The second-order valence-corrected chi connectivity index (χ2v) is 4.38. The maximum Gasteiger partial charge on any atom is 0.550 e. The molecular weight excluding hydrogens is 242 g/mol. The van der Waals surface area contributed by atoms with Crippen molar-refractivity contribution >= 4 is 11.8 Å². The molecule has 1 aromatic rings. The zero-order valence-corrected chi connectivity index (χ0v) is 10.2. The highest BCUT2D eigenvalue weighted by Crippen LogP contribution is 2.18. The van der Waals surface area contributed by atoms with Gasteiger partial charge in [-0.1, -0.05) is 0 Å². The van der Waals surface area contributed by atoms with Crippen LogP contribution in [0.5, 0.6) is 5.75 Å². The minimum absolute atomic E-state index is 0.0837. The Labute approximate surface area is 103 Å². The fourth-order valence-corrected chi connectivity index (χ4v) is 0.973. The summed E-state index contributed by atoms with van der Waals surface area (Å²) in [4.78, 5) is 30.0. The van der Waals surface area contributed by atoms with Crippen LogP contribution in [0.1, 0.15) is 20.8 Å². The van der Waals surface area contributed by atoms with Gasteiger partial charge in [-0.05, 0) is 32.9 Å². The molecule has 1 rings (SSSR count). The number of nitrogens with zero attached hydrogens (tertiary/aromatic N) is 1. The van der Waals surface area contributed by atoms with Gasteiger partial charge in [0.15, 0.2) is 5.75 Å². The maximum absolute atomic E-state index is 11.1. The molecule has 0 aromatic heterocycles. The van der Waals surface area contributed by atoms with E-state index in [1.54, 1.807) is 20.8 Å². The second kappa shape index (κ2) is 5.35. The molecule has 0 unspecified atom stereocenters. The molecule has 0 atom stereocenters. The minimum atomic E-state index is -0.985. The second-order valence-electron chi connectivity index (χ2n) is 4.38. The lowest BCUT2D eigenvalue weighted by Gasteiger charge is -2.17. The number of nitro benzene ring substituents is 1. The molecule has 7 heteroatoms. The number of carbonyl (C=O) groups is 1. The van der Waals surface area contributed by atoms with Crippen LogP contribution in [0.25, 0.3) is 0 Å². The van der Waals surface area contributed by atoms with Gasteiger partial charge < -0.3 is 4.74 Å². The van der Waals surface area contributed by atoms with Gasteiger partial charge in [-0.3, -0.25) is 15.0 Å². The Hall–Kier alpha value is -2.31. The lowest BCUT2D eigenvalue weighted by molar-refractivity contribution is -0.384. The van der Waals surface area contributed by atoms with Gasteiger partial charge >= 0.3 is 6.16 Å². The van der Waals surface area contributed by atoms with E-state index in [4.69, 9.17) is 4.74 Å². The zero-order valence-electron chi connectivity index (χ0n) is 10.2. The highest BCUT2D eigenvalue weighted by molar-refractivity contribution is 5.59. The van der Waals surface area contributed by atoms with E-state index in [1.807, 2.05) is 0 Å². The van der Waals surface area contributed by atoms with Crippen LogP contribution in [0, 0.1) is 10.1 Å². The predicted octanol–water partition coefficient (Wildman–Crippen LogP) is 2.84. The fourth-order valence-electron chi connectivity index (χ4n) is 0.973. The molecule has 0 radical (unpaired) electrons. The highest BCUT2D eigenvalue weighted by atomic mass is 17.2. The lowest BCUT2D eigenvalue weighted by atomic mass is 10.2. The van der Waals surface area contributed by atoms with Crippen LogP contribution in [0.3, 0.4) is 0 Å². The van der Waals surface area contributed by atoms with Crippen LogP contribution < -0.4 is 4.89 Å². The van der Waals surface area contributed by atoms with Crippen molar-refractivity contribution in [1.82, 2.24) is 0 Å². The van der Waals surface area contributed by atoms with E-state index in [9.17, 15) is 14.9 Å². The number of benzene rings is 1. The number of non-ortho nitro benzene ring substituents is 1. The minimum Gasteiger partial charge on any atom is -0.426 e. The summed E-state index contributed by atoms with van der Waals surface area (Å²) in [5.74, 6) is 0.159. The molecule has 0 saturated carbocycles. The maximum atomic E-state index is 11.1. The predicted molar refractivity (Wildman–Crippen MR) is 61.0 cm³/mol. The third-order valence-electron chi connectivity index (χ3n) is 1.64. The molecule has 0 aliphatic rings. The summed E-state index contributed by atoms with van der Waals surface area (Å²) in [6, 6.07) is 5.08. The Morgan fingerprint density at radius 2 is 1.78 bits per heavy atom. The summed E-state index contributed by atoms with van der Waals surface area (Å²) in [6.45, 7) is 5.04. The third kappa shape index (κ3) is 4.69. The smallest absolute Gasteiger partial charge is 0.426 e. The van der Waals surface area contributed by atoms with Gasteiger partial charge in [-0.25, -0.2) is 4.89 Å². The van der Waals surface area contributed by atoms with Crippen molar-refractivity contribution < 1.29 is 24.2 Å². The van der Waals surface area contributed by atoms with Crippen molar-refractivity contribution in [3.05, 3.63) is 34.4 Å². The van der Waals surface area contributed by atoms with Gasteiger partial charge in [-0.15, -0.1) is 0 Å². The Balaban J connectivity index is 2.49. The van der Waals surface area contributed by atoms with Gasteiger partial charge in [-0.2, -0.15) is 4.79 Å². The van der Waals surface area contributed by atoms with Crippen molar-refractivity contribution in [3.63, 3.8) is 0 Å². The van der Waals surface area contributed by atoms with E-state index in [-0.39, 0.29) is 11.4 Å². The van der Waals surface area contributed by atoms with Crippen molar-refractivity contribution in [1.29, 1.82) is 0 Å². The van der Waals surface area contributed by atoms with Crippen LogP contribution in [0.15, 0.2) is 24.3 Å². The molecule has 0 fully saturated rings. The monoisotopic (exact) mass is 255 g/mol. The van der Waals surface area contributed by atoms with Crippen molar-refractivity contribution in [2.75, 3.05) is 0 Å². The number of rotatable bonds is 3. The number of hydrogen-bond acceptors (Lipinski definition) is 6. The standard InChI is InChI=1S/C11H13NO6/c1-11(2,3)16-10(13)18-17-9-6-4-8(5-7-9)12(14)15/h4-7H,1-3H3. The molecule has 0 amide bonds. The molecule has 0 bridgehead atoms. The van der Waals surface area contributed by atoms with Gasteiger partial charge in [0.25, 0.3) is 5.69 Å². The number of nitro groups is 1. The molecule has 98 valence electrons. The molecule has 18 heavy (non-hydrogen) atoms. The molecule has 0 saturated heterocycles. The third-order valence-corrected chi connectivity index (χ3v) is 1.64. The summed E-state index contributed by atoms with van der Waals surface area (Å²) in [6.07, 6.45) is -0.985. The Morgan fingerprint density at radius 1 is 1.22 bits per heavy atom. The van der Waals surface area contributed by atoms with E-state index in [2.05, 4.69) is 9.78 Å². The molecule has 0 aliphatic heterocycles. The Kier molecular flexibility index (Phi) is 4.09. The quantitative estimate of drug-likeness (QED) is 0.357. The van der Waals surface area contributed by atoms with E-state index < -0.39 is 16.7 Å². The van der Waals surface area contributed by atoms with Gasteiger partial charge in [0, 0.05) is 12.1 Å². The van der Waals surface area contributed by atoms with E-state index in [0.29, 0.717) is 0 Å². The first kappa shape index (κ1) is 13.8. The Bertz CT molecular complexity index is 434. The SMILES string of the molecule is CC(C)(C)OC(=O)OOc1ccc([N+](=O)[O-])cc1. The first-order valence-corrected chi connectivity index (χ1v) is 5.10.